The van der Waals surface area contributed by atoms with E-state index in [0.29, 0.717) is 54.8 Å². The quantitative estimate of drug-likeness (QED) is 0.172. The number of phenols is 1. The Labute approximate surface area is 342 Å². The Hall–Kier alpha value is -4.25. The van der Waals surface area contributed by atoms with Gasteiger partial charge in [0.05, 0.1) is 24.5 Å². The smallest absolute Gasteiger partial charge is 0.274 e. The van der Waals surface area contributed by atoms with Gasteiger partial charge in [-0.1, -0.05) is 32.8 Å². The number of phenolic OH excluding ortho intramolecular Hbond substituents is 1. The van der Waals surface area contributed by atoms with E-state index in [0.717, 1.165) is 104 Å². The number of halogens is 1. The first kappa shape index (κ1) is 38.0. The maximum absolute atomic E-state index is 15.3. The zero-order valence-corrected chi connectivity index (χ0v) is 34.7. The van der Waals surface area contributed by atoms with Gasteiger partial charge in [0.2, 0.25) is 0 Å². The fourth-order valence-electron chi connectivity index (χ4n) is 12.4. The third kappa shape index (κ3) is 6.82. The SMILES string of the molecule is CCC[C@H]1CN2CCC[C@@]2(CCCc2nc3c(c(N4CCCn5nc(C(=O)N6CC7CCCC6C7)cc5C4)n2)CCN(c2cc(O)cc4ccc(F)c(CC)c24)C3)C1. The van der Waals surface area contributed by atoms with Crippen molar-refractivity contribution in [1.82, 2.24) is 29.5 Å². The summed E-state index contributed by atoms with van der Waals surface area (Å²) in [6.45, 7) is 11.2. The molecule has 2 bridgehead atoms. The van der Waals surface area contributed by atoms with Gasteiger partial charge in [0.25, 0.3) is 5.91 Å². The molecule has 6 aliphatic rings. The predicted molar refractivity (Wildman–Crippen MR) is 226 cm³/mol. The first-order valence-electron chi connectivity index (χ1n) is 22.7. The molecule has 10 rings (SSSR count). The first-order valence-corrected chi connectivity index (χ1v) is 22.7. The normalized spacial score (nSPS) is 25.6. The second-order valence-corrected chi connectivity index (χ2v) is 18.7. The minimum Gasteiger partial charge on any atom is -0.508 e. The van der Waals surface area contributed by atoms with E-state index in [-0.39, 0.29) is 17.5 Å². The predicted octanol–water partition coefficient (Wildman–Crippen LogP) is 8.20. The molecule has 2 aromatic heterocycles. The highest BCUT2D eigenvalue weighted by molar-refractivity contribution is 5.98. The number of aromatic nitrogens is 4. The molecule has 1 aliphatic carbocycles. The maximum Gasteiger partial charge on any atom is 0.274 e. The third-order valence-electron chi connectivity index (χ3n) is 15.0. The Bertz CT molecular complexity index is 2200. The van der Waals surface area contributed by atoms with E-state index < -0.39 is 0 Å². The molecule has 4 fully saturated rings. The van der Waals surface area contributed by atoms with Gasteiger partial charge in [0.1, 0.15) is 23.2 Å². The van der Waals surface area contributed by atoms with Crippen molar-refractivity contribution in [3.63, 3.8) is 0 Å². The monoisotopic (exact) mass is 788 g/mol. The van der Waals surface area contributed by atoms with Crippen LogP contribution in [0, 0.1) is 17.7 Å². The van der Waals surface area contributed by atoms with Crippen LogP contribution in [0.25, 0.3) is 10.8 Å². The van der Waals surface area contributed by atoms with E-state index in [4.69, 9.17) is 15.1 Å². The molecule has 3 saturated heterocycles. The molecule has 11 heteroatoms. The standard InChI is InChI=1S/C47H61FN8O2/c1-3-9-32-26-47(17-7-19-54(47)27-32)16-6-12-43-49-41-30-52(42-25-36(57)23-33-13-14-39(48)37(4-2)44(33)42)21-15-38(41)45(50-43)53-18-8-20-56-35(29-53)24-40(51-56)46(58)55-28-31-10-5-11-34(55)22-31/h13-14,23-25,31-32,34,57H,3-12,15-22,26-30H2,1-2H3/t31?,32-,34?,47+/m1/s1. The highest BCUT2D eigenvalue weighted by Crippen LogP contribution is 2.46. The molecule has 308 valence electrons. The topological polar surface area (TPSA) is 93.9 Å². The number of rotatable bonds is 10. The summed E-state index contributed by atoms with van der Waals surface area (Å²) in [5.41, 5.74) is 5.73. The molecular formula is C47H61FN8O2. The van der Waals surface area contributed by atoms with Crippen LogP contribution in [0.5, 0.6) is 5.75 Å². The van der Waals surface area contributed by atoms with E-state index in [1.807, 2.05) is 6.92 Å². The summed E-state index contributed by atoms with van der Waals surface area (Å²) < 4.78 is 17.3. The molecule has 4 atom stereocenters. The Morgan fingerprint density at radius 1 is 0.983 bits per heavy atom. The molecule has 0 spiro atoms. The van der Waals surface area contributed by atoms with Crippen molar-refractivity contribution < 1.29 is 14.3 Å². The van der Waals surface area contributed by atoms with Crippen molar-refractivity contribution in [2.24, 2.45) is 11.8 Å². The zero-order valence-electron chi connectivity index (χ0n) is 34.7. The van der Waals surface area contributed by atoms with Crippen molar-refractivity contribution in [1.29, 1.82) is 0 Å². The Morgan fingerprint density at radius 3 is 2.76 bits per heavy atom. The van der Waals surface area contributed by atoms with Gasteiger partial charge in [-0.25, -0.2) is 14.4 Å². The van der Waals surface area contributed by atoms with E-state index >= 15 is 4.39 Å². The summed E-state index contributed by atoms with van der Waals surface area (Å²) in [4.78, 5) is 34.3. The Balaban J connectivity index is 0.962. The second kappa shape index (κ2) is 15.4. The maximum atomic E-state index is 15.3. The number of anilines is 2. The van der Waals surface area contributed by atoms with Crippen molar-refractivity contribution in [2.45, 2.75) is 141 Å². The van der Waals surface area contributed by atoms with Gasteiger partial charge < -0.3 is 19.8 Å². The number of nitrogens with zero attached hydrogens (tertiary/aromatic N) is 8. The number of hydrogen-bond donors (Lipinski definition) is 1. The minimum absolute atomic E-state index is 0.0949. The van der Waals surface area contributed by atoms with Crippen molar-refractivity contribution >= 4 is 28.2 Å². The summed E-state index contributed by atoms with van der Waals surface area (Å²) in [6.07, 6.45) is 16.5. The fraction of sp³-hybridized carbons (Fsp3) is 0.617. The molecule has 1 N–H and O–H groups in total. The summed E-state index contributed by atoms with van der Waals surface area (Å²) in [5, 5.41) is 17.5. The average molecular weight is 789 g/mol. The molecule has 58 heavy (non-hydrogen) atoms. The molecule has 0 radical (unpaired) electrons. The third-order valence-corrected chi connectivity index (χ3v) is 15.0. The van der Waals surface area contributed by atoms with Crippen LogP contribution in [0.1, 0.15) is 130 Å². The van der Waals surface area contributed by atoms with Gasteiger partial charge in [0.15, 0.2) is 5.69 Å². The lowest BCUT2D eigenvalue weighted by atomic mass is 9.84. The lowest BCUT2D eigenvalue weighted by molar-refractivity contribution is 0.0726. The van der Waals surface area contributed by atoms with Gasteiger partial charge in [-0.2, -0.15) is 5.10 Å². The number of amides is 1. The molecule has 2 unspecified atom stereocenters. The summed E-state index contributed by atoms with van der Waals surface area (Å²) in [5.74, 6) is 3.45. The molecule has 2 aromatic carbocycles. The largest absolute Gasteiger partial charge is 0.508 e. The van der Waals surface area contributed by atoms with Gasteiger partial charge in [-0.15, -0.1) is 0 Å². The van der Waals surface area contributed by atoms with Crippen LogP contribution in [-0.4, -0.2) is 84.9 Å². The number of hydrogen-bond acceptors (Lipinski definition) is 8. The van der Waals surface area contributed by atoms with E-state index in [2.05, 4.69) is 37.3 Å². The van der Waals surface area contributed by atoms with Crippen molar-refractivity contribution in [3.05, 3.63) is 70.2 Å². The van der Waals surface area contributed by atoms with Crippen molar-refractivity contribution in [2.75, 3.05) is 42.5 Å². The van der Waals surface area contributed by atoms with Gasteiger partial charge in [0, 0.05) is 73.4 Å². The summed E-state index contributed by atoms with van der Waals surface area (Å²) in [7, 11) is 0. The summed E-state index contributed by atoms with van der Waals surface area (Å²) >= 11 is 0. The average Bonchev–Trinajstić information content (AvgIpc) is 3.94. The fourth-order valence-corrected chi connectivity index (χ4v) is 12.4. The van der Waals surface area contributed by atoms with E-state index in [1.54, 1.807) is 18.2 Å². The highest BCUT2D eigenvalue weighted by Gasteiger charge is 2.47. The Kier molecular flexibility index (Phi) is 10.1. The molecule has 7 heterocycles. The van der Waals surface area contributed by atoms with Crippen LogP contribution in [0.2, 0.25) is 0 Å². The first-order chi connectivity index (χ1) is 28.3. The van der Waals surface area contributed by atoms with Gasteiger partial charge in [-0.05, 0) is 125 Å². The van der Waals surface area contributed by atoms with E-state index in [1.165, 1.54) is 76.1 Å². The van der Waals surface area contributed by atoms with Crippen LogP contribution >= 0.6 is 0 Å². The Morgan fingerprint density at radius 2 is 1.90 bits per heavy atom. The van der Waals surface area contributed by atoms with Gasteiger partial charge in [-0.3, -0.25) is 14.4 Å². The molecule has 4 aromatic rings. The van der Waals surface area contributed by atoms with Crippen LogP contribution in [0.4, 0.5) is 15.9 Å². The molecule has 1 saturated carbocycles. The molecule has 1 amide bonds. The number of carbonyl (C=O) groups is 1. The second-order valence-electron chi connectivity index (χ2n) is 18.7. The van der Waals surface area contributed by atoms with Crippen LogP contribution in [0.15, 0.2) is 30.3 Å². The van der Waals surface area contributed by atoms with Crippen molar-refractivity contribution in [3.8, 4) is 5.75 Å². The molecular weight excluding hydrogens is 728 g/mol. The lowest BCUT2D eigenvalue weighted by Gasteiger charge is -2.34. The highest BCUT2D eigenvalue weighted by atomic mass is 19.1. The van der Waals surface area contributed by atoms with Crippen LogP contribution in [0.3, 0.4) is 0 Å². The zero-order chi connectivity index (χ0) is 39.5. The number of fused-ring (bicyclic) bond motifs is 6. The number of likely N-dealkylation sites (tertiary alicyclic amines) is 1. The van der Waals surface area contributed by atoms with Crippen LogP contribution in [-0.2, 0) is 38.9 Å². The molecule has 10 nitrogen and oxygen atoms in total. The number of aromatic hydroxyl groups is 1. The molecule has 5 aliphatic heterocycles. The number of carbonyl (C=O) groups excluding carboxylic acids is 1. The number of benzene rings is 2. The van der Waals surface area contributed by atoms with Gasteiger partial charge >= 0.3 is 0 Å². The van der Waals surface area contributed by atoms with Crippen LogP contribution < -0.4 is 9.80 Å². The lowest BCUT2D eigenvalue weighted by Crippen LogP contribution is -2.38. The summed E-state index contributed by atoms with van der Waals surface area (Å²) in [6, 6.07) is 9.26. The van der Waals surface area contributed by atoms with E-state index in [9.17, 15) is 9.90 Å². The minimum atomic E-state index is -0.205. The number of aryl methyl sites for hydroxylation is 3.